The number of benzene rings is 2. The minimum Gasteiger partial charge on any atom is -0.370 e. The fraction of sp³-hybridized carbons (Fsp3) is 0.472. The molecule has 11 heteroatoms. The van der Waals surface area contributed by atoms with Gasteiger partial charge in [-0.15, -0.1) is 0 Å². The van der Waals surface area contributed by atoms with E-state index in [-0.39, 0.29) is 28.0 Å². The van der Waals surface area contributed by atoms with E-state index in [0.717, 1.165) is 72.2 Å². The Balaban J connectivity index is 0.000000287. The number of hydrogen-bond donors (Lipinski definition) is 5. The van der Waals surface area contributed by atoms with Crippen LogP contribution in [-0.4, -0.2) is 40.1 Å². The van der Waals surface area contributed by atoms with Gasteiger partial charge in [-0.3, -0.25) is 9.56 Å². The number of aryl methyl sites for hydroxylation is 1. The van der Waals surface area contributed by atoms with E-state index in [0.29, 0.717) is 18.7 Å². The van der Waals surface area contributed by atoms with E-state index in [1.54, 1.807) is 16.7 Å². The summed E-state index contributed by atoms with van der Waals surface area (Å²) in [6.07, 6.45) is 3.01. The van der Waals surface area contributed by atoms with Gasteiger partial charge >= 0.3 is 5.69 Å². The Morgan fingerprint density at radius 3 is 2.26 bits per heavy atom. The Hall–Kier alpha value is -4.09. The number of rotatable bonds is 12. The second-order valence-electron chi connectivity index (χ2n) is 13.9. The third kappa shape index (κ3) is 11.6. The summed E-state index contributed by atoms with van der Waals surface area (Å²) in [5, 5.41) is 4.27. The molecule has 2 heterocycles. The highest BCUT2D eigenvalue weighted by atomic mass is 19.3. The van der Waals surface area contributed by atoms with Crippen molar-refractivity contribution in [3.63, 3.8) is 0 Å². The zero-order valence-corrected chi connectivity index (χ0v) is 28.7. The molecule has 2 aromatic heterocycles. The number of halogens is 2. The lowest BCUT2D eigenvalue weighted by molar-refractivity contribution is 0.151. The maximum absolute atomic E-state index is 12.9. The van der Waals surface area contributed by atoms with Crippen LogP contribution in [0.4, 0.5) is 8.78 Å². The van der Waals surface area contributed by atoms with Gasteiger partial charge in [0.2, 0.25) is 0 Å². The number of nitrogens with two attached hydrogens (primary N) is 3. The molecule has 256 valence electrons. The Labute approximate surface area is 277 Å². The van der Waals surface area contributed by atoms with Crippen molar-refractivity contribution in [2.75, 3.05) is 19.6 Å². The summed E-state index contributed by atoms with van der Waals surface area (Å²) in [6.45, 7) is 15.3. The van der Waals surface area contributed by atoms with E-state index >= 15 is 0 Å². The van der Waals surface area contributed by atoms with Crippen molar-refractivity contribution in [3.05, 3.63) is 93.2 Å². The summed E-state index contributed by atoms with van der Waals surface area (Å²) in [5.74, 6) is 0.123. The van der Waals surface area contributed by atoms with Gasteiger partial charge in [0.05, 0.1) is 5.69 Å². The van der Waals surface area contributed by atoms with Crippen molar-refractivity contribution in [3.8, 4) is 5.69 Å². The van der Waals surface area contributed by atoms with Crippen LogP contribution in [0.1, 0.15) is 95.2 Å². The van der Waals surface area contributed by atoms with Crippen molar-refractivity contribution in [2.24, 2.45) is 22.2 Å². The smallest absolute Gasteiger partial charge is 0.354 e. The van der Waals surface area contributed by atoms with E-state index in [4.69, 9.17) is 17.2 Å². The molecule has 0 saturated heterocycles. The second-order valence-corrected chi connectivity index (χ2v) is 13.9. The first-order valence-corrected chi connectivity index (χ1v) is 16.2. The van der Waals surface area contributed by atoms with Crippen molar-refractivity contribution < 1.29 is 8.78 Å². The molecule has 0 aliphatic heterocycles. The Bertz CT molecular complexity index is 1660. The molecule has 9 nitrogen and oxygen atoms in total. The summed E-state index contributed by atoms with van der Waals surface area (Å²) in [4.78, 5) is 23.9. The molecule has 0 saturated carbocycles. The first-order chi connectivity index (χ1) is 22.1. The number of aromatic nitrogens is 3. The maximum Gasteiger partial charge on any atom is 0.354 e. The average Bonchev–Trinajstić information content (AvgIpc) is 3.42. The molecular weight excluding hydrogens is 598 g/mol. The van der Waals surface area contributed by atoms with Gasteiger partial charge in [-0.1, -0.05) is 65.8 Å². The molecule has 47 heavy (non-hydrogen) atoms. The topological polar surface area (TPSA) is 153 Å². The summed E-state index contributed by atoms with van der Waals surface area (Å²) >= 11 is 0. The number of aromatic amines is 1. The summed E-state index contributed by atoms with van der Waals surface area (Å²) in [7, 11) is 0. The van der Waals surface area contributed by atoms with E-state index in [1.165, 1.54) is 0 Å². The quantitative estimate of drug-likeness (QED) is 0.0724. The number of nitrogens with one attached hydrogen (secondary N) is 2. The fourth-order valence-corrected chi connectivity index (χ4v) is 4.90. The molecule has 8 N–H and O–H groups in total. The largest absolute Gasteiger partial charge is 0.370 e. The summed E-state index contributed by atoms with van der Waals surface area (Å²) in [6, 6.07) is 15.2. The third-order valence-electron chi connectivity index (χ3n) is 7.72. The standard InChI is InChI=1S/C21H29N7O.C15H23F2N/c1-21(2,3)17-11-15-13-28(20(29)27-18(15)26-17)16-7-5-14(6-8-16)12-24-9-4-10-25-19(22)23;1-15(2,3)13-9-11(6-4-5-7-18)8-12(10-13)14(16)17/h5-8,11,13,24H,4,9-10,12H2,1-3H3,(H4,22,23,25)(H,26,27,29);8-10,14H,4-7,18H2,1-3H3. The number of nitrogens with zero attached hydrogens (tertiary/aromatic N) is 3. The highest BCUT2D eigenvalue weighted by Gasteiger charge is 2.19. The Morgan fingerprint density at radius 2 is 1.66 bits per heavy atom. The molecule has 0 spiro atoms. The van der Waals surface area contributed by atoms with E-state index < -0.39 is 6.43 Å². The van der Waals surface area contributed by atoms with Gasteiger partial charge in [0, 0.05) is 41.3 Å². The molecule has 0 unspecified atom stereocenters. The van der Waals surface area contributed by atoms with E-state index in [1.807, 2.05) is 57.3 Å². The fourth-order valence-electron chi connectivity index (χ4n) is 4.90. The molecule has 0 aliphatic rings. The van der Waals surface area contributed by atoms with Crippen LogP contribution in [0.5, 0.6) is 0 Å². The molecule has 0 fully saturated rings. The lowest BCUT2D eigenvalue weighted by Gasteiger charge is -2.21. The number of fused-ring (bicyclic) bond motifs is 1. The zero-order chi connectivity index (χ0) is 34.8. The SMILES string of the molecule is CC(C)(C)c1cc(CCCCN)cc(C(F)F)c1.CC(C)(C)c1cc2cn(-c3ccc(CNCCCN=C(N)N)cc3)c(=O)nc2[nH]1. The predicted octanol–water partition coefficient (Wildman–Crippen LogP) is 5.97. The number of H-pyrrole nitrogens is 1. The van der Waals surface area contributed by atoms with Gasteiger partial charge in [0.25, 0.3) is 6.43 Å². The van der Waals surface area contributed by atoms with Crippen LogP contribution in [0.2, 0.25) is 0 Å². The van der Waals surface area contributed by atoms with Crippen LogP contribution in [0, 0.1) is 0 Å². The molecule has 4 rings (SSSR count). The highest BCUT2D eigenvalue weighted by Crippen LogP contribution is 2.29. The Kier molecular flexibility index (Phi) is 13.2. The van der Waals surface area contributed by atoms with Crippen molar-refractivity contribution >= 4 is 17.0 Å². The van der Waals surface area contributed by atoms with Crippen molar-refractivity contribution in [1.29, 1.82) is 0 Å². The van der Waals surface area contributed by atoms with Gasteiger partial charge in [-0.05, 0) is 85.1 Å². The third-order valence-corrected chi connectivity index (χ3v) is 7.72. The van der Waals surface area contributed by atoms with Crippen LogP contribution < -0.4 is 28.2 Å². The first-order valence-electron chi connectivity index (χ1n) is 16.2. The van der Waals surface area contributed by atoms with E-state index in [2.05, 4.69) is 47.1 Å². The molecule has 0 bridgehead atoms. The maximum atomic E-state index is 12.9. The molecule has 0 amide bonds. The summed E-state index contributed by atoms with van der Waals surface area (Å²) in [5.41, 5.74) is 21.3. The monoisotopic (exact) mass is 650 g/mol. The predicted molar refractivity (Wildman–Crippen MR) is 189 cm³/mol. The molecule has 2 aromatic carbocycles. The van der Waals surface area contributed by atoms with Crippen LogP contribution >= 0.6 is 0 Å². The van der Waals surface area contributed by atoms with Gasteiger partial charge in [-0.2, -0.15) is 4.98 Å². The van der Waals surface area contributed by atoms with Crippen molar-refractivity contribution in [1.82, 2.24) is 19.9 Å². The molecule has 0 aliphatic carbocycles. The first kappa shape index (κ1) is 37.4. The molecule has 0 radical (unpaired) electrons. The lowest BCUT2D eigenvalue weighted by atomic mass is 9.84. The zero-order valence-electron chi connectivity index (χ0n) is 28.7. The second kappa shape index (κ2) is 16.6. The van der Waals surface area contributed by atoms with Crippen molar-refractivity contribution in [2.45, 2.75) is 91.0 Å². The van der Waals surface area contributed by atoms with Gasteiger partial charge in [0.1, 0.15) is 5.65 Å². The Morgan fingerprint density at radius 1 is 0.957 bits per heavy atom. The number of guanidine groups is 1. The number of alkyl halides is 2. The minimum absolute atomic E-state index is 0.0352. The number of aliphatic imine (C=N–C) groups is 1. The highest BCUT2D eigenvalue weighted by molar-refractivity contribution is 5.76. The van der Waals surface area contributed by atoms with Crippen LogP contribution in [0.3, 0.4) is 0 Å². The van der Waals surface area contributed by atoms with Gasteiger partial charge in [0.15, 0.2) is 5.96 Å². The van der Waals surface area contributed by atoms with Gasteiger partial charge in [-0.25, -0.2) is 13.6 Å². The van der Waals surface area contributed by atoms with Gasteiger partial charge < -0.3 is 27.5 Å². The average molecular weight is 651 g/mol. The van der Waals surface area contributed by atoms with Crippen LogP contribution in [0.25, 0.3) is 16.7 Å². The number of hydrogen-bond acceptors (Lipinski definition) is 5. The van der Waals surface area contributed by atoms with Crippen LogP contribution in [0.15, 0.2) is 64.5 Å². The normalized spacial score (nSPS) is 11.9. The molecule has 4 aromatic rings. The van der Waals surface area contributed by atoms with E-state index in [9.17, 15) is 13.6 Å². The minimum atomic E-state index is -2.40. The van der Waals surface area contributed by atoms with Crippen LogP contribution in [-0.2, 0) is 23.8 Å². The molecule has 0 atom stereocenters. The number of unbranched alkanes of at least 4 members (excludes halogenated alkanes) is 1. The lowest BCUT2D eigenvalue weighted by Crippen LogP contribution is -2.23. The molecular formula is C36H52F2N8O. The summed E-state index contributed by atoms with van der Waals surface area (Å²) < 4.78 is 27.3.